The summed E-state index contributed by atoms with van der Waals surface area (Å²) in [4.78, 5) is 0. The van der Waals surface area contributed by atoms with Crippen LogP contribution in [0.4, 0.5) is 13.2 Å². The third-order valence-electron chi connectivity index (χ3n) is 2.47. The molecule has 0 fully saturated rings. The number of hydrogen-bond acceptors (Lipinski definition) is 1. The number of hydrogen-bond donors (Lipinski definition) is 1. The first-order valence-corrected chi connectivity index (χ1v) is 5.83. The molecule has 1 atom stereocenters. The monoisotopic (exact) mass is 356 g/mol. The molecule has 1 aromatic rings. The summed E-state index contributed by atoms with van der Waals surface area (Å²) < 4.78 is 38.7. The molecule has 0 aliphatic heterocycles. The van der Waals surface area contributed by atoms with E-state index in [1.807, 2.05) is 0 Å². The van der Waals surface area contributed by atoms with Gasteiger partial charge in [0.1, 0.15) is 0 Å². The van der Waals surface area contributed by atoms with Crippen LogP contribution in [0.2, 0.25) is 0 Å². The van der Waals surface area contributed by atoms with E-state index in [4.69, 9.17) is 0 Å². The van der Waals surface area contributed by atoms with Gasteiger partial charge in [-0.05, 0) is 21.5 Å². The fourth-order valence-corrected chi connectivity index (χ4v) is 2.95. The Morgan fingerprint density at radius 2 is 1.69 bits per heavy atom. The minimum Gasteiger partial charge on any atom is -0.372 e. The van der Waals surface area contributed by atoms with Crippen molar-refractivity contribution in [2.75, 3.05) is 0 Å². The molecule has 0 heterocycles. The Bertz CT molecular complexity index is 481. The molecule has 0 amide bonds. The Kier molecular flexibility index (Phi) is 2.72. The predicted octanol–water partition coefficient (Wildman–Crippen LogP) is 3.91. The summed E-state index contributed by atoms with van der Waals surface area (Å²) in [6.07, 6.45) is -4.77. The van der Waals surface area contributed by atoms with Crippen molar-refractivity contribution in [3.05, 3.63) is 39.9 Å². The average molecular weight is 358 g/mol. The molecular weight excluding hydrogens is 353 g/mol. The standard InChI is InChI=1S/C10H5Br2F3O/c11-7-5-3-1-2-4-6(5)9(16,8(7)12)10(13,14)15/h1-4,16H. The molecule has 1 aromatic carbocycles. The zero-order valence-corrected chi connectivity index (χ0v) is 10.8. The molecule has 1 unspecified atom stereocenters. The molecule has 0 aromatic heterocycles. The van der Waals surface area contributed by atoms with Crippen molar-refractivity contribution in [1.29, 1.82) is 0 Å². The summed E-state index contributed by atoms with van der Waals surface area (Å²) in [6.45, 7) is 0. The third-order valence-corrected chi connectivity index (χ3v) is 4.80. The highest BCUT2D eigenvalue weighted by molar-refractivity contribution is 9.16. The molecule has 0 spiro atoms. The molecule has 6 heteroatoms. The van der Waals surface area contributed by atoms with Crippen LogP contribution >= 0.6 is 31.9 Å². The van der Waals surface area contributed by atoms with Gasteiger partial charge >= 0.3 is 6.18 Å². The first-order valence-electron chi connectivity index (χ1n) is 4.25. The quantitative estimate of drug-likeness (QED) is 0.746. The number of aliphatic hydroxyl groups is 1. The summed E-state index contributed by atoms with van der Waals surface area (Å²) >= 11 is 5.85. The molecule has 1 nitrogen and oxygen atoms in total. The fraction of sp³-hybridized carbons (Fsp3) is 0.200. The van der Waals surface area contributed by atoms with Gasteiger partial charge in [0, 0.05) is 10.0 Å². The molecule has 1 aliphatic rings. The van der Waals surface area contributed by atoms with Gasteiger partial charge in [-0.15, -0.1) is 0 Å². The zero-order chi connectivity index (χ0) is 12.1. The SMILES string of the molecule is OC1(C(F)(F)F)C(Br)=C(Br)c2ccccc21. The van der Waals surface area contributed by atoms with Crippen LogP contribution in [0.3, 0.4) is 0 Å². The highest BCUT2D eigenvalue weighted by Crippen LogP contribution is 2.56. The van der Waals surface area contributed by atoms with Crippen molar-refractivity contribution in [2.45, 2.75) is 11.8 Å². The normalized spacial score (nSPS) is 24.9. The average Bonchev–Trinajstić information content (AvgIpc) is 2.42. The molecule has 1 N–H and O–H groups in total. The van der Waals surface area contributed by atoms with Gasteiger partial charge < -0.3 is 5.11 Å². The van der Waals surface area contributed by atoms with Crippen molar-refractivity contribution in [3.63, 3.8) is 0 Å². The largest absolute Gasteiger partial charge is 0.426 e. The lowest BCUT2D eigenvalue weighted by Crippen LogP contribution is -2.41. The molecule has 0 bridgehead atoms. The van der Waals surface area contributed by atoms with Crippen LogP contribution < -0.4 is 0 Å². The van der Waals surface area contributed by atoms with Crippen LogP contribution in [-0.2, 0) is 5.60 Å². The maximum Gasteiger partial charge on any atom is 0.426 e. The van der Waals surface area contributed by atoms with Gasteiger partial charge in [0.25, 0.3) is 0 Å². The first kappa shape index (κ1) is 12.1. The lowest BCUT2D eigenvalue weighted by Gasteiger charge is -2.27. The van der Waals surface area contributed by atoms with Gasteiger partial charge in [-0.1, -0.05) is 40.2 Å². The second-order valence-electron chi connectivity index (χ2n) is 3.38. The van der Waals surface area contributed by atoms with E-state index in [2.05, 4.69) is 31.9 Å². The smallest absolute Gasteiger partial charge is 0.372 e. The van der Waals surface area contributed by atoms with Crippen LogP contribution in [-0.4, -0.2) is 11.3 Å². The molecular formula is C10H5Br2F3O. The minimum absolute atomic E-state index is 0.166. The van der Waals surface area contributed by atoms with Gasteiger partial charge in [-0.2, -0.15) is 13.2 Å². The number of rotatable bonds is 0. The molecule has 0 saturated heterocycles. The lowest BCUT2D eigenvalue weighted by molar-refractivity contribution is -0.245. The molecule has 16 heavy (non-hydrogen) atoms. The van der Waals surface area contributed by atoms with Gasteiger partial charge in [0.15, 0.2) is 0 Å². The van der Waals surface area contributed by atoms with Crippen molar-refractivity contribution < 1.29 is 18.3 Å². The Labute approximate surface area is 106 Å². The number of benzene rings is 1. The molecule has 2 rings (SSSR count). The third kappa shape index (κ3) is 1.39. The van der Waals surface area contributed by atoms with Gasteiger partial charge in [0.05, 0.1) is 4.48 Å². The molecule has 0 radical (unpaired) electrons. The Morgan fingerprint density at radius 1 is 1.12 bits per heavy atom. The number of halogens is 5. The molecule has 1 aliphatic carbocycles. The van der Waals surface area contributed by atoms with Gasteiger partial charge in [-0.25, -0.2) is 0 Å². The first-order chi connectivity index (χ1) is 7.30. The van der Waals surface area contributed by atoms with Crippen LogP contribution in [0.5, 0.6) is 0 Å². The highest BCUT2D eigenvalue weighted by atomic mass is 79.9. The fourth-order valence-electron chi connectivity index (χ4n) is 1.66. The van der Waals surface area contributed by atoms with Crippen molar-refractivity contribution in [3.8, 4) is 0 Å². The number of fused-ring (bicyclic) bond motifs is 1. The minimum atomic E-state index is -4.77. The van der Waals surface area contributed by atoms with E-state index in [1.165, 1.54) is 18.2 Å². The molecule has 0 saturated carbocycles. The van der Waals surface area contributed by atoms with E-state index in [0.717, 1.165) is 0 Å². The highest BCUT2D eigenvalue weighted by Gasteiger charge is 2.61. The van der Waals surface area contributed by atoms with Crippen LogP contribution in [0.15, 0.2) is 28.7 Å². The molecule has 86 valence electrons. The van der Waals surface area contributed by atoms with E-state index in [-0.39, 0.29) is 14.5 Å². The Morgan fingerprint density at radius 3 is 2.25 bits per heavy atom. The van der Waals surface area contributed by atoms with Crippen molar-refractivity contribution >= 4 is 36.3 Å². The van der Waals surface area contributed by atoms with Crippen LogP contribution in [0.1, 0.15) is 11.1 Å². The number of alkyl halides is 3. The van der Waals surface area contributed by atoms with E-state index in [1.54, 1.807) is 6.07 Å². The zero-order valence-electron chi connectivity index (χ0n) is 7.65. The second kappa shape index (κ2) is 3.58. The topological polar surface area (TPSA) is 20.2 Å². The summed E-state index contributed by atoms with van der Waals surface area (Å²) in [6, 6.07) is 5.85. The van der Waals surface area contributed by atoms with E-state index in [9.17, 15) is 18.3 Å². The maximum absolute atomic E-state index is 12.9. The summed E-state index contributed by atoms with van der Waals surface area (Å²) in [5.74, 6) is 0. The lowest BCUT2D eigenvalue weighted by atomic mass is 9.95. The maximum atomic E-state index is 12.9. The van der Waals surface area contributed by atoms with Crippen LogP contribution in [0, 0.1) is 0 Å². The Balaban J connectivity index is 2.76. The van der Waals surface area contributed by atoms with E-state index < -0.39 is 11.8 Å². The summed E-state index contributed by atoms with van der Waals surface area (Å²) in [5.41, 5.74) is -2.78. The summed E-state index contributed by atoms with van der Waals surface area (Å²) in [7, 11) is 0. The van der Waals surface area contributed by atoms with Crippen LogP contribution in [0.25, 0.3) is 4.48 Å². The summed E-state index contributed by atoms with van der Waals surface area (Å²) in [5, 5.41) is 9.86. The van der Waals surface area contributed by atoms with E-state index in [0.29, 0.717) is 5.56 Å². The van der Waals surface area contributed by atoms with E-state index >= 15 is 0 Å². The van der Waals surface area contributed by atoms with Crippen molar-refractivity contribution in [2.24, 2.45) is 0 Å². The van der Waals surface area contributed by atoms with Crippen molar-refractivity contribution in [1.82, 2.24) is 0 Å². The Hall–Kier alpha value is -0.330. The van der Waals surface area contributed by atoms with Gasteiger partial charge in [0.2, 0.25) is 5.60 Å². The van der Waals surface area contributed by atoms with Gasteiger partial charge in [-0.3, -0.25) is 0 Å². The predicted molar refractivity (Wildman–Crippen MR) is 61.2 cm³/mol. The second-order valence-corrected chi connectivity index (χ2v) is 4.97.